The van der Waals surface area contributed by atoms with Crippen molar-refractivity contribution in [2.45, 2.75) is 25.7 Å². The van der Waals surface area contributed by atoms with Crippen molar-refractivity contribution >= 4 is 39.0 Å². The Morgan fingerprint density at radius 2 is 1.97 bits per heavy atom. The van der Waals surface area contributed by atoms with E-state index in [1.54, 1.807) is 0 Å². The van der Waals surface area contributed by atoms with Gasteiger partial charge in [-0.1, -0.05) is 23.4 Å². The van der Waals surface area contributed by atoms with Gasteiger partial charge in [-0.05, 0) is 24.6 Å². The topological polar surface area (TPSA) is 98.1 Å². The molecule has 0 radical (unpaired) electrons. The number of ketones is 2. The molecule has 3 heterocycles. The summed E-state index contributed by atoms with van der Waals surface area (Å²) in [5, 5.41) is 8.16. The normalized spacial score (nSPS) is 18.5. The molecule has 1 aliphatic carbocycles. The Kier molecular flexibility index (Phi) is 4.96. The van der Waals surface area contributed by atoms with E-state index in [2.05, 4.69) is 15.3 Å². The number of hydrogen-bond acceptors (Lipinski definition) is 7. The van der Waals surface area contributed by atoms with E-state index < -0.39 is 35.8 Å². The van der Waals surface area contributed by atoms with Gasteiger partial charge in [-0.25, -0.2) is 9.67 Å². The molecule has 3 aromatic rings. The molecule has 0 saturated carbocycles. The van der Waals surface area contributed by atoms with Crippen LogP contribution in [0.25, 0.3) is 10.2 Å². The van der Waals surface area contributed by atoms with Crippen molar-refractivity contribution in [1.29, 1.82) is 0 Å². The number of amides is 1. The molecule has 5 rings (SSSR count). The summed E-state index contributed by atoms with van der Waals surface area (Å²) in [5.41, 5.74) is 0.373. The lowest BCUT2D eigenvalue weighted by Gasteiger charge is -2.22. The van der Waals surface area contributed by atoms with Crippen molar-refractivity contribution in [1.82, 2.24) is 24.9 Å². The van der Waals surface area contributed by atoms with Crippen LogP contribution in [0.15, 0.2) is 53.9 Å². The van der Waals surface area contributed by atoms with Crippen LogP contribution in [0, 0.1) is 5.92 Å². The smallest absolute Gasteiger partial charge is 0.303 e. The molecule has 1 aromatic carbocycles. The highest BCUT2D eigenvalue weighted by atomic mass is 32.1. The highest BCUT2D eigenvalue weighted by Crippen LogP contribution is 2.40. The summed E-state index contributed by atoms with van der Waals surface area (Å²) in [4.78, 5) is 42.7. The van der Waals surface area contributed by atoms with E-state index in [9.17, 15) is 27.6 Å². The first-order valence-electron chi connectivity index (χ1n) is 9.82. The predicted molar refractivity (Wildman–Crippen MR) is 110 cm³/mol. The van der Waals surface area contributed by atoms with Crippen LogP contribution in [0.3, 0.4) is 0 Å². The highest BCUT2D eigenvalue weighted by molar-refractivity contribution is 7.20. The monoisotopic (exact) mass is 473 g/mol. The van der Waals surface area contributed by atoms with Crippen LogP contribution >= 0.6 is 11.3 Å². The maximum Gasteiger partial charge on any atom is 0.412 e. The standard InChI is InChI=1S/C21H14F3N5O3S/c22-21(23,24)11-5-6-15-13(7-11)18(31)20(32)29(15)9-12-8-28(27-26-12)10-16(30)19-25-14-3-1-2-4-17(14)33-19/h1-6,8,13H,7,9-10H2. The number of allylic oxidation sites excluding steroid dienone is 4. The van der Waals surface area contributed by atoms with Crippen LogP contribution in [0.4, 0.5) is 13.2 Å². The number of likely N-dealkylation sites (tertiary alicyclic amines) is 1. The molecular formula is C21H14F3N5O3S. The molecule has 2 aromatic heterocycles. The lowest BCUT2D eigenvalue weighted by Crippen LogP contribution is -2.26. The van der Waals surface area contributed by atoms with Crippen LogP contribution in [0.1, 0.15) is 21.9 Å². The van der Waals surface area contributed by atoms with Gasteiger partial charge in [0, 0.05) is 11.3 Å². The first kappa shape index (κ1) is 21.2. The third-order valence-corrected chi connectivity index (χ3v) is 6.51. The zero-order valence-electron chi connectivity index (χ0n) is 16.7. The number of Topliss-reactive ketones (excluding diaryl/α,β-unsaturated/α-hetero) is 2. The Morgan fingerprint density at radius 1 is 1.18 bits per heavy atom. The number of hydrogen-bond donors (Lipinski definition) is 0. The average Bonchev–Trinajstić information content (AvgIpc) is 3.47. The second kappa shape index (κ2) is 7.73. The van der Waals surface area contributed by atoms with Crippen molar-refractivity contribution in [3.05, 3.63) is 64.6 Å². The van der Waals surface area contributed by atoms with Crippen LogP contribution in [0.5, 0.6) is 0 Å². The number of nitrogens with zero attached hydrogens (tertiary/aromatic N) is 5. The second-order valence-electron chi connectivity index (χ2n) is 7.61. The van der Waals surface area contributed by atoms with E-state index in [4.69, 9.17) is 0 Å². The Balaban J connectivity index is 1.31. The SMILES string of the molecule is O=C(Cn1cc(CN2C(=O)C(=O)C3CC(C(F)(F)F)=CC=C32)nn1)c1nc2ccccc2s1. The minimum atomic E-state index is -4.56. The van der Waals surface area contributed by atoms with Crippen LogP contribution in [0.2, 0.25) is 0 Å². The number of rotatable bonds is 5. The highest BCUT2D eigenvalue weighted by Gasteiger charge is 2.48. The molecule has 0 bridgehead atoms. The number of fused-ring (bicyclic) bond motifs is 2. The van der Waals surface area contributed by atoms with Crippen LogP contribution < -0.4 is 0 Å². The van der Waals surface area contributed by atoms with Crippen molar-refractivity contribution in [2.75, 3.05) is 0 Å². The third-order valence-electron chi connectivity index (χ3n) is 5.43. The van der Waals surface area contributed by atoms with E-state index in [-0.39, 0.29) is 24.6 Å². The second-order valence-corrected chi connectivity index (χ2v) is 8.64. The molecule has 1 aliphatic heterocycles. The fraction of sp³-hybridized carbons (Fsp3) is 0.238. The summed E-state index contributed by atoms with van der Waals surface area (Å²) in [6, 6.07) is 7.36. The predicted octanol–water partition coefficient (Wildman–Crippen LogP) is 3.07. The lowest BCUT2D eigenvalue weighted by molar-refractivity contribution is -0.141. The minimum absolute atomic E-state index is 0.122. The van der Waals surface area contributed by atoms with Crippen molar-refractivity contribution in [3.8, 4) is 0 Å². The fourth-order valence-corrected chi connectivity index (χ4v) is 4.72. The molecule has 33 heavy (non-hydrogen) atoms. The summed E-state index contributed by atoms with van der Waals surface area (Å²) in [6.07, 6.45) is -1.63. The lowest BCUT2D eigenvalue weighted by atomic mass is 9.90. The fourth-order valence-electron chi connectivity index (χ4n) is 3.83. The number of thiazole rings is 1. The zero-order chi connectivity index (χ0) is 23.3. The number of alkyl halides is 3. The van der Waals surface area contributed by atoms with Crippen molar-refractivity contribution < 1.29 is 27.6 Å². The van der Waals surface area contributed by atoms with Gasteiger partial charge in [0.25, 0.3) is 5.91 Å². The summed E-state index contributed by atoms with van der Waals surface area (Å²) in [6.45, 7) is -0.264. The van der Waals surface area contributed by atoms with Gasteiger partial charge in [0.1, 0.15) is 12.2 Å². The van der Waals surface area contributed by atoms with Crippen LogP contribution in [-0.2, 0) is 22.7 Å². The van der Waals surface area contributed by atoms with Gasteiger partial charge in [0.2, 0.25) is 11.6 Å². The van der Waals surface area contributed by atoms with Crippen molar-refractivity contribution in [2.24, 2.45) is 5.92 Å². The molecule has 0 N–H and O–H groups in total. The molecule has 0 spiro atoms. The zero-order valence-corrected chi connectivity index (χ0v) is 17.6. The first-order valence-corrected chi connectivity index (χ1v) is 10.6. The quantitative estimate of drug-likeness (QED) is 0.417. The minimum Gasteiger partial charge on any atom is -0.303 e. The molecule has 2 aliphatic rings. The van der Waals surface area contributed by atoms with Gasteiger partial charge in [-0.3, -0.25) is 14.4 Å². The maximum absolute atomic E-state index is 13.0. The average molecular weight is 473 g/mol. The van der Waals surface area contributed by atoms with Gasteiger partial charge in [-0.15, -0.1) is 16.4 Å². The van der Waals surface area contributed by atoms with E-state index in [0.717, 1.165) is 27.3 Å². The van der Waals surface area contributed by atoms with E-state index >= 15 is 0 Å². The number of benzene rings is 1. The van der Waals surface area contributed by atoms with E-state index in [0.29, 0.717) is 10.7 Å². The van der Waals surface area contributed by atoms with Gasteiger partial charge < -0.3 is 4.90 Å². The molecule has 1 fully saturated rings. The van der Waals surface area contributed by atoms with Crippen LogP contribution in [-0.4, -0.2) is 48.5 Å². The van der Waals surface area contributed by atoms with E-state index in [1.165, 1.54) is 22.2 Å². The molecule has 8 nitrogen and oxygen atoms in total. The number of halogens is 3. The third kappa shape index (κ3) is 3.86. The summed E-state index contributed by atoms with van der Waals surface area (Å²) < 4.78 is 41.2. The Hall–Kier alpha value is -3.67. The molecule has 1 unspecified atom stereocenters. The van der Waals surface area contributed by atoms with Gasteiger partial charge in [-0.2, -0.15) is 13.2 Å². The molecule has 1 amide bonds. The Labute approximate surface area is 188 Å². The number of carbonyl (C=O) groups excluding carboxylic acids is 3. The summed E-state index contributed by atoms with van der Waals surface area (Å²) in [7, 11) is 0. The summed E-state index contributed by atoms with van der Waals surface area (Å²) in [5.74, 6) is -3.19. The van der Waals surface area contributed by atoms with Crippen molar-refractivity contribution in [3.63, 3.8) is 0 Å². The Morgan fingerprint density at radius 3 is 2.73 bits per heavy atom. The number of aromatic nitrogens is 4. The molecule has 168 valence electrons. The number of carbonyl (C=O) groups is 3. The van der Waals surface area contributed by atoms with Gasteiger partial charge >= 0.3 is 6.18 Å². The Bertz CT molecular complexity index is 1340. The number of para-hydroxylation sites is 1. The van der Waals surface area contributed by atoms with Gasteiger partial charge in [0.05, 0.1) is 28.9 Å². The summed E-state index contributed by atoms with van der Waals surface area (Å²) >= 11 is 1.27. The van der Waals surface area contributed by atoms with Gasteiger partial charge in [0.15, 0.2) is 5.01 Å². The maximum atomic E-state index is 13.0. The largest absolute Gasteiger partial charge is 0.412 e. The molecular weight excluding hydrogens is 459 g/mol. The molecule has 1 saturated heterocycles. The molecule has 12 heteroatoms. The molecule has 1 atom stereocenters. The van der Waals surface area contributed by atoms with E-state index in [1.807, 2.05) is 24.3 Å². The first-order chi connectivity index (χ1) is 15.7.